The van der Waals surface area contributed by atoms with Crippen molar-refractivity contribution in [2.45, 2.75) is 56.8 Å². The maximum Gasteiger partial charge on any atom is 0.224 e. The summed E-state index contributed by atoms with van der Waals surface area (Å²) in [7, 11) is -3.38. The van der Waals surface area contributed by atoms with Gasteiger partial charge in [-0.25, -0.2) is 17.8 Å². The number of hydrogen-bond acceptors (Lipinski definition) is 6. The van der Waals surface area contributed by atoms with Gasteiger partial charge in [-0.1, -0.05) is 13.0 Å². The number of aromatic nitrogens is 2. The molecule has 7 nitrogen and oxygen atoms in total. The number of allylic oxidation sites excluding steroid dienone is 1. The standard InChI is InChI=1S/C21H28FN5O2S/c1-14-5-6-15-12-23-20(24-17-7-11-26(13-16(17)22)30(2,28)29)25-19(15)27(14)18-4-3-8-21(18)9-10-21/h5-6,12,16-18H,1,3-4,7-11,13H2,2H3,(H,23,24,25)/t16?,17?,18-/m0/s1. The van der Waals surface area contributed by atoms with Crippen LogP contribution in [0, 0.1) is 5.41 Å². The Morgan fingerprint density at radius 3 is 2.77 bits per heavy atom. The van der Waals surface area contributed by atoms with E-state index < -0.39 is 22.2 Å². The predicted octanol–water partition coefficient (Wildman–Crippen LogP) is 2.94. The molecule has 0 aromatic carbocycles. The lowest BCUT2D eigenvalue weighted by molar-refractivity contribution is 0.186. The van der Waals surface area contributed by atoms with Gasteiger partial charge in [0.15, 0.2) is 0 Å². The van der Waals surface area contributed by atoms with E-state index in [1.54, 1.807) is 6.20 Å². The monoisotopic (exact) mass is 433 g/mol. The molecule has 9 heteroatoms. The van der Waals surface area contributed by atoms with Crippen molar-refractivity contribution in [1.82, 2.24) is 14.3 Å². The second-order valence-corrected chi connectivity index (χ2v) is 11.1. The van der Waals surface area contributed by atoms with Gasteiger partial charge in [0, 0.05) is 36.6 Å². The second-order valence-electron chi connectivity index (χ2n) is 9.11. The summed E-state index contributed by atoms with van der Waals surface area (Å²) in [6.07, 6.45) is 12.1. The van der Waals surface area contributed by atoms with E-state index in [4.69, 9.17) is 4.98 Å². The smallest absolute Gasteiger partial charge is 0.224 e. The third-order valence-corrected chi connectivity index (χ3v) is 8.41. The molecule has 3 fully saturated rings. The zero-order valence-corrected chi connectivity index (χ0v) is 18.0. The molecule has 0 radical (unpaired) electrons. The number of fused-ring (bicyclic) bond motifs is 1. The van der Waals surface area contributed by atoms with Crippen LogP contribution in [0.4, 0.5) is 16.2 Å². The lowest BCUT2D eigenvalue weighted by atomic mass is 9.96. The Balaban J connectivity index is 1.38. The Bertz CT molecular complexity index is 1010. The minimum atomic E-state index is -3.38. The van der Waals surface area contributed by atoms with Crippen molar-refractivity contribution in [2.24, 2.45) is 5.41 Å². The minimum absolute atomic E-state index is 0.141. The number of piperidine rings is 1. The van der Waals surface area contributed by atoms with E-state index in [0.29, 0.717) is 23.8 Å². The van der Waals surface area contributed by atoms with Crippen LogP contribution in [0.3, 0.4) is 0 Å². The quantitative estimate of drug-likeness (QED) is 0.787. The molecule has 4 aliphatic rings. The van der Waals surface area contributed by atoms with Crippen molar-refractivity contribution in [3.05, 3.63) is 30.1 Å². The lowest BCUT2D eigenvalue weighted by Crippen LogP contribution is -2.49. The van der Waals surface area contributed by atoms with Gasteiger partial charge < -0.3 is 10.2 Å². The number of nitrogens with one attached hydrogen (secondary N) is 1. The van der Waals surface area contributed by atoms with E-state index in [0.717, 1.165) is 29.8 Å². The zero-order valence-electron chi connectivity index (χ0n) is 17.2. The molecule has 3 heterocycles. The Morgan fingerprint density at radius 2 is 2.07 bits per heavy atom. The molecule has 1 N–H and O–H groups in total. The maximum absolute atomic E-state index is 14.7. The highest BCUT2D eigenvalue weighted by Gasteiger charge is 2.55. The third kappa shape index (κ3) is 3.41. The number of anilines is 2. The normalized spacial score (nSPS) is 30.5. The van der Waals surface area contributed by atoms with Crippen molar-refractivity contribution in [1.29, 1.82) is 0 Å². The van der Waals surface area contributed by atoms with Gasteiger partial charge in [0.25, 0.3) is 0 Å². The molecular weight excluding hydrogens is 405 g/mol. The number of rotatable bonds is 4. The fourth-order valence-electron chi connectivity index (χ4n) is 5.29. The van der Waals surface area contributed by atoms with Crippen LogP contribution in [0.25, 0.3) is 6.08 Å². The number of nitrogens with zero attached hydrogens (tertiary/aromatic N) is 4. The average Bonchev–Trinajstić information content (AvgIpc) is 3.35. The van der Waals surface area contributed by atoms with Crippen LogP contribution in [0.15, 0.2) is 24.5 Å². The highest BCUT2D eigenvalue weighted by atomic mass is 32.2. The molecule has 2 aliphatic carbocycles. The molecule has 1 saturated heterocycles. The topological polar surface area (TPSA) is 78.4 Å². The van der Waals surface area contributed by atoms with Gasteiger partial charge in [-0.05, 0) is 49.7 Å². The molecular formula is C21H28FN5O2S. The number of sulfonamides is 1. The van der Waals surface area contributed by atoms with Gasteiger partial charge in [-0.15, -0.1) is 0 Å². The Kier molecular flexibility index (Phi) is 4.66. The molecule has 5 rings (SSSR count). The van der Waals surface area contributed by atoms with Gasteiger partial charge in [-0.3, -0.25) is 0 Å². The summed E-state index contributed by atoms with van der Waals surface area (Å²) in [6, 6.07) is -0.110. The van der Waals surface area contributed by atoms with E-state index in [1.165, 1.54) is 30.0 Å². The molecule has 1 spiro atoms. The van der Waals surface area contributed by atoms with Crippen molar-refractivity contribution < 1.29 is 12.8 Å². The summed E-state index contributed by atoms with van der Waals surface area (Å²) in [5, 5.41) is 3.12. The Labute approximate surface area is 177 Å². The van der Waals surface area contributed by atoms with Crippen LogP contribution in [-0.2, 0) is 10.0 Å². The van der Waals surface area contributed by atoms with Crippen molar-refractivity contribution in [3.8, 4) is 0 Å². The highest BCUT2D eigenvalue weighted by molar-refractivity contribution is 7.88. The average molecular weight is 434 g/mol. The van der Waals surface area contributed by atoms with Crippen molar-refractivity contribution in [3.63, 3.8) is 0 Å². The van der Waals surface area contributed by atoms with E-state index >= 15 is 0 Å². The summed E-state index contributed by atoms with van der Waals surface area (Å²) >= 11 is 0. The van der Waals surface area contributed by atoms with E-state index in [9.17, 15) is 12.8 Å². The molecule has 2 saturated carbocycles. The molecule has 2 unspecified atom stereocenters. The molecule has 2 aliphatic heterocycles. The van der Waals surface area contributed by atoms with Crippen LogP contribution in [0.1, 0.15) is 44.1 Å². The van der Waals surface area contributed by atoms with E-state index in [2.05, 4.69) is 21.8 Å². The largest absolute Gasteiger partial charge is 0.348 e. The SMILES string of the molecule is C=C1C=Cc2cnc(NC3CCN(S(C)(=O)=O)CC3F)nc2N1[C@H]1CCCC12CC2. The first-order chi connectivity index (χ1) is 14.3. The van der Waals surface area contributed by atoms with E-state index in [1.807, 2.05) is 12.2 Å². The number of halogens is 1. The molecule has 1 aromatic heterocycles. The first-order valence-electron chi connectivity index (χ1n) is 10.7. The predicted molar refractivity (Wildman–Crippen MR) is 115 cm³/mol. The fourth-order valence-corrected chi connectivity index (χ4v) is 6.14. The van der Waals surface area contributed by atoms with Crippen LogP contribution < -0.4 is 10.2 Å². The van der Waals surface area contributed by atoms with Crippen LogP contribution in [-0.4, -0.2) is 60.3 Å². The maximum atomic E-state index is 14.7. The first-order valence-corrected chi connectivity index (χ1v) is 12.5. The Hall–Kier alpha value is -2.00. The van der Waals surface area contributed by atoms with Gasteiger partial charge >= 0.3 is 0 Å². The molecule has 30 heavy (non-hydrogen) atoms. The van der Waals surface area contributed by atoms with Crippen LogP contribution >= 0.6 is 0 Å². The number of alkyl halides is 1. The Morgan fingerprint density at radius 1 is 1.27 bits per heavy atom. The first kappa shape index (κ1) is 19.9. The number of hydrogen-bond donors (Lipinski definition) is 1. The molecule has 162 valence electrons. The summed E-state index contributed by atoms with van der Waals surface area (Å²) in [5.41, 5.74) is 2.28. The van der Waals surface area contributed by atoms with Gasteiger partial charge in [-0.2, -0.15) is 9.29 Å². The summed E-state index contributed by atoms with van der Waals surface area (Å²) in [6.45, 7) is 4.41. The molecule has 3 atom stereocenters. The molecule has 0 bridgehead atoms. The van der Waals surface area contributed by atoms with Crippen LogP contribution in [0.2, 0.25) is 0 Å². The van der Waals surface area contributed by atoms with E-state index in [-0.39, 0.29) is 13.1 Å². The zero-order chi connectivity index (χ0) is 21.1. The summed E-state index contributed by atoms with van der Waals surface area (Å²) in [5.74, 6) is 1.22. The van der Waals surface area contributed by atoms with Gasteiger partial charge in [0.05, 0.1) is 12.3 Å². The van der Waals surface area contributed by atoms with Crippen molar-refractivity contribution >= 4 is 27.9 Å². The molecule has 1 aromatic rings. The molecule has 0 amide bonds. The summed E-state index contributed by atoms with van der Waals surface area (Å²) < 4.78 is 39.3. The summed E-state index contributed by atoms with van der Waals surface area (Å²) in [4.78, 5) is 11.4. The van der Waals surface area contributed by atoms with Crippen LogP contribution in [0.5, 0.6) is 0 Å². The minimum Gasteiger partial charge on any atom is -0.348 e. The van der Waals surface area contributed by atoms with Gasteiger partial charge in [0.2, 0.25) is 16.0 Å². The lowest BCUT2D eigenvalue weighted by Gasteiger charge is -2.38. The fraction of sp³-hybridized carbons (Fsp3) is 0.619. The second kappa shape index (κ2) is 7.02. The third-order valence-electron chi connectivity index (χ3n) is 7.14. The van der Waals surface area contributed by atoms with Crippen molar-refractivity contribution in [2.75, 3.05) is 29.6 Å². The van der Waals surface area contributed by atoms with Gasteiger partial charge in [0.1, 0.15) is 12.0 Å². The highest BCUT2D eigenvalue weighted by Crippen LogP contribution is 2.60.